The fourth-order valence-corrected chi connectivity index (χ4v) is 3.80. The highest BCUT2D eigenvalue weighted by molar-refractivity contribution is 5.65. The number of carbonyl (C=O) groups is 1. The fraction of sp³-hybridized carbons (Fsp3) is 0.933. The first kappa shape index (κ1) is 14.6. The second kappa shape index (κ2) is 6.12. The Kier molecular flexibility index (Phi) is 4.71. The first-order valence-electron chi connectivity index (χ1n) is 7.69. The first-order valence-corrected chi connectivity index (χ1v) is 7.69. The van der Waals surface area contributed by atoms with Crippen molar-refractivity contribution in [2.45, 2.75) is 70.4 Å². The summed E-state index contributed by atoms with van der Waals surface area (Å²) in [5, 5.41) is 0. The molecule has 0 atom stereocenters. The van der Waals surface area contributed by atoms with Gasteiger partial charge in [0.25, 0.3) is 0 Å². The number of ether oxygens (including phenoxy) is 1. The fourth-order valence-electron chi connectivity index (χ4n) is 3.80. The highest BCUT2D eigenvalue weighted by Gasteiger charge is 2.31. The number of hydrogen-bond acceptors (Lipinski definition) is 3. The molecule has 4 nitrogen and oxygen atoms in total. The smallest absolute Gasteiger partial charge is 0.405 e. The number of primary amides is 1. The number of rotatable bonds is 4. The monoisotopic (exact) mass is 268 g/mol. The number of piperidine rings is 1. The number of nitrogens with zero attached hydrogens (tertiary/aromatic N) is 1. The summed E-state index contributed by atoms with van der Waals surface area (Å²) in [6, 6.07) is 0.843. The van der Waals surface area contributed by atoms with E-state index in [0.717, 1.165) is 12.5 Å². The lowest BCUT2D eigenvalue weighted by Gasteiger charge is -2.38. The minimum Gasteiger partial charge on any atom is -0.444 e. The molecule has 1 aliphatic carbocycles. The molecule has 19 heavy (non-hydrogen) atoms. The lowest BCUT2D eigenvalue weighted by Crippen LogP contribution is -2.42. The standard InChI is InChI=1S/C15H28N2O2/c1-15(2,19-14(16)18)11-12-7-9-17(10-8-12)13-5-3-4-6-13/h12-13H,3-11H2,1-2H3,(H2,16,18). The largest absolute Gasteiger partial charge is 0.444 e. The maximum atomic E-state index is 10.9. The van der Waals surface area contributed by atoms with Crippen LogP contribution < -0.4 is 5.73 Å². The molecule has 1 saturated carbocycles. The van der Waals surface area contributed by atoms with Gasteiger partial charge in [0, 0.05) is 6.04 Å². The lowest BCUT2D eigenvalue weighted by atomic mass is 9.86. The van der Waals surface area contributed by atoms with Crippen LogP contribution in [0, 0.1) is 5.92 Å². The van der Waals surface area contributed by atoms with Crippen LogP contribution in [-0.4, -0.2) is 35.7 Å². The predicted molar refractivity (Wildman–Crippen MR) is 75.9 cm³/mol. The SMILES string of the molecule is CC(C)(CC1CCN(C2CCCC2)CC1)OC(N)=O. The van der Waals surface area contributed by atoms with Crippen LogP contribution in [0.2, 0.25) is 0 Å². The van der Waals surface area contributed by atoms with Crippen LogP contribution >= 0.6 is 0 Å². The zero-order valence-corrected chi connectivity index (χ0v) is 12.4. The maximum absolute atomic E-state index is 10.9. The number of likely N-dealkylation sites (tertiary alicyclic amines) is 1. The van der Waals surface area contributed by atoms with Crippen molar-refractivity contribution in [3.8, 4) is 0 Å². The summed E-state index contributed by atoms with van der Waals surface area (Å²) in [5.41, 5.74) is 4.69. The summed E-state index contributed by atoms with van der Waals surface area (Å²) in [6.45, 7) is 6.34. The third-order valence-electron chi connectivity index (χ3n) is 4.65. The van der Waals surface area contributed by atoms with E-state index >= 15 is 0 Å². The molecule has 1 saturated heterocycles. The molecular weight excluding hydrogens is 240 g/mol. The zero-order chi connectivity index (χ0) is 13.9. The summed E-state index contributed by atoms with van der Waals surface area (Å²) >= 11 is 0. The maximum Gasteiger partial charge on any atom is 0.405 e. The van der Waals surface area contributed by atoms with Gasteiger partial charge >= 0.3 is 6.09 Å². The molecule has 0 aromatic heterocycles. The average molecular weight is 268 g/mol. The summed E-state index contributed by atoms with van der Waals surface area (Å²) in [4.78, 5) is 13.5. The Morgan fingerprint density at radius 2 is 1.79 bits per heavy atom. The number of nitrogens with two attached hydrogens (primary N) is 1. The zero-order valence-electron chi connectivity index (χ0n) is 12.4. The molecule has 0 unspecified atom stereocenters. The molecule has 1 heterocycles. The molecular formula is C15H28N2O2. The molecule has 0 bridgehead atoms. The molecule has 0 radical (unpaired) electrons. The second-order valence-electron chi connectivity index (χ2n) is 6.80. The van der Waals surface area contributed by atoms with Crippen molar-refractivity contribution in [1.29, 1.82) is 0 Å². The Hall–Kier alpha value is -0.770. The van der Waals surface area contributed by atoms with Gasteiger partial charge in [-0.2, -0.15) is 0 Å². The topological polar surface area (TPSA) is 55.6 Å². The van der Waals surface area contributed by atoms with Crippen LogP contribution in [0.15, 0.2) is 0 Å². The van der Waals surface area contributed by atoms with Gasteiger partial charge < -0.3 is 15.4 Å². The van der Waals surface area contributed by atoms with E-state index < -0.39 is 11.7 Å². The molecule has 2 aliphatic rings. The Labute approximate surface area is 116 Å². The summed E-state index contributed by atoms with van der Waals surface area (Å²) < 4.78 is 5.19. The van der Waals surface area contributed by atoms with E-state index in [1.165, 1.54) is 51.6 Å². The van der Waals surface area contributed by atoms with Gasteiger partial charge in [0.05, 0.1) is 0 Å². The highest BCUT2D eigenvalue weighted by atomic mass is 16.6. The molecule has 4 heteroatoms. The van der Waals surface area contributed by atoms with E-state index in [9.17, 15) is 4.79 Å². The molecule has 1 aliphatic heterocycles. The van der Waals surface area contributed by atoms with Crippen LogP contribution in [0.5, 0.6) is 0 Å². The van der Waals surface area contributed by atoms with Crippen molar-refractivity contribution >= 4 is 6.09 Å². The third-order valence-corrected chi connectivity index (χ3v) is 4.65. The van der Waals surface area contributed by atoms with E-state index in [4.69, 9.17) is 10.5 Å². The molecule has 110 valence electrons. The van der Waals surface area contributed by atoms with Gasteiger partial charge in [-0.05, 0) is 65.0 Å². The van der Waals surface area contributed by atoms with Crippen molar-refractivity contribution in [3.05, 3.63) is 0 Å². The van der Waals surface area contributed by atoms with Crippen LogP contribution in [0.3, 0.4) is 0 Å². The third kappa shape index (κ3) is 4.37. The Bertz CT molecular complexity index is 303. The minimum atomic E-state index is -0.659. The average Bonchev–Trinajstić information content (AvgIpc) is 2.81. The normalized spacial score (nSPS) is 23.7. The van der Waals surface area contributed by atoms with Crippen LogP contribution in [0.25, 0.3) is 0 Å². The van der Waals surface area contributed by atoms with Crippen LogP contribution in [0.1, 0.15) is 58.8 Å². The van der Waals surface area contributed by atoms with E-state index in [2.05, 4.69) is 4.90 Å². The van der Waals surface area contributed by atoms with Crippen molar-refractivity contribution in [2.24, 2.45) is 11.7 Å². The van der Waals surface area contributed by atoms with Crippen LogP contribution in [0.4, 0.5) is 4.79 Å². The molecule has 1 amide bonds. The van der Waals surface area contributed by atoms with E-state index in [1.807, 2.05) is 13.8 Å². The van der Waals surface area contributed by atoms with Gasteiger partial charge in [-0.1, -0.05) is 12.8 Å². The van der Waals surface area contributed by atoms with Crippen molar-refractivity contribution in [1.82, 2.24) is 4.90 Å². The van der Waals surface area contributed by atoms with E-state index in [-0.39, 0.29) is 0 Å². The predicted octanol–water partition coefficient (Wildman–Crippen LogP) is 2.91. The molecule has 0 aromatic carbocycles. The van der Waals surface area contributed by atoms with Crippen molar-refractivity contribution < 1.29 is 9.53 Å². The van der Waals surface area contributed by atoms with Gasteiger partial charge in [-0.3, -0.25) is 0 Å². The van der Waals surface area contributed by atoms with Crippen LogP contribution in [-0.2, 0) is 4.74 Å². The summed E-state index contributed by atoms with van der Waals surface area (Å²) in [5.74, 6) is 0.659. The number of hydrogen-bond donors (Lipinski definition) is 1. The van der Waals surface area contributed by atoms with Gasteiger partial charge in [0.2, 0.25) is 0 Å². The minimum absolute atomic E-state index is 0.425. The quantitative estimate of drug-likeness (QED) is 0.853. The summed E-state index contributed by atoms with van der Waals surface area (Å²) in [6.07, 6.45) is 8.31. The Morgan fingerprint density at radius 1 is 1.21 bits per heavy atom. The van der Waals surface area contributed by atoms with Gasteiger partial charge in [-0.15, -0.1) is 0 Å². The number of amides is 1. The molecule has 2 fully saturated rings. The van der Waals surface area contributed by atoms with Crippen molar-refractivity contribution in [2.75, 3.05) is 13.1 Å². The lowest BCUT2D eigenvalue weighted by molar-refractivity contribution is 0.0142. The molecule has 0 spiro atoms. The van der Waals surface area contributed by atoms with Gasteiger partial charge in [-0.25, -0.2) is 4.79 Å². The Balaban J connectivity index is 1.75. The molecule has 2 rings (SSSR count). The van der Waals surface area contributed by atoms with Gasteiger partial charge in [0.1, 0.15) is 5.60 Å². The molecule has 0 aromatic rings. The second-order valence-corrected chi connectivity index (χ2v) is 6.80. The number of carbonyl (C=O) groups excluding carboxylic acids is 1. The van der Waals surface area contributed by atoms with Gasteiger partial charge in [0.15, 0.2) is 0 Å². The first-order chi connectivity index (χ1) is 8.96. The van der Waals surface area contributed by atoms with E-state index in [1.54, 1.807) is 0 Å². The van der Waals surface area contributed by atoms with E-state index in [0.29, 0.717) is 5.92 Å². The molecule has 2 N–H and O–H groups in total. The summed E-state index contributed by atoms with van der Waals surface area (Å²) in [7, 11) is 0. The highest BCUT2D eigenvalue weighted by Crippen LogP contribution is 2.32. The Morgan fingerprint density at radius 3 is 2.32 bits per heavy atom. The van der Waals surface area contributed by atoms with Crippen molar-refractivity contribution in [3.63, 3.8) is 0 Å².